The summed E-state index contributed by atoms with van der Waals surface area (Å²) in [5.41, 5.74) is -0.0943. The predicted octanol–water partition coefficient (Wildman–Crippen LogP) is 2.36. The van der Waals surface area contributed by atoms with Crippen LogP contribution >= 0.6 is 0 Å². The minimum atomic E-state index is -3.54. The molecule has 0 aliphatic carbocycles. The van der Waals surface area contributed by atoms with Gasteiger partial charge in [-0.2, -0.15) is 4.31 Å². The molecular weight excluding hydrogens is 400 g/mol. The van der Waals surface area contributed by atoms with E-state index < -0.39 is 10.0 Å². The topological polar surface area (TPSA) is 82.6 Å². The van der Waals surface area contributed by atoms with Crippen molar-refractivity contribution >= 4 is 15.9 Å². The van der Waals surface area contributed by atoms with E-state index in [2.05, 4.69) is 42.9 Å². The summed E-state index contributed by atoms with van der Waals surface area (Å²) >= 11 is 0. The molecule has 8 heteroatoms. The van der Waals surface area contributed by atoms with E-state index >= 15 is 0 Å². The van der Waals surface area contributed by atoms with Gasteiger partial charge in [0.2, 0.25) is 15.9 Å². The van der Waals surface area contributed by atoms with Crippen LogP contribution in [0.25, 0.3) is 0 Å². The van der Waals surface area contributed by atoms with Crippen LogP contribution < -0.4 is 5.32 Å². The summed E-state index contributed by atoms with van der Waals surface area (Å²) in [6.45, 7) is 12.5. The summed E-state index contributed by atoms with van der Waals surface area (Å²) in [6, 6.07) is 3.18. The fourth-order valence-electron chi connectivity index (χ4n) is 4.72. The Morgan fingerprint density at radius 1 is 1.20 bits per heavy atom. The molecule has 2 atom stereocenters. The first-order valence-electron chi connectivity index (χ1n) is 11.0. The van der Waals surface area contributed by atoms with Crippen LogP contribution in [0.4, 0.5) is 0 Å². The molecular formula is C22H36N4O3S. The van der Waals surface area contributed by atoms with Crippen LogP contribution in [0.5, 0.6) is 0 Å². The Morgan fingerprint density at radius 2 is 1.83 bits per heavy atom. The molecule has 1 aromatic heterocycles. The molecule has 1 N–H and O–H groups in total. The van der Waals surface area contributed by atoms with Gasteiger partial charge in [0.15, 0.2) is 0 Å². The van der Waals surface area contributed by atoms with Gasteiger partial charge < -0.3 is 5.32 Å². The lowest BCUT2D eigenvalue weighted by Crippen LogP contribution is -2.56. The number of aromatic nitrogens is 1. The van der Waals surface area contributed by atoms with Crippen LogP contribution in [0.3, 0.4) is 0 Å². The first kappa shape index (κ1) is 23.2. The fraction of sp³-hybridized carbons (Fsp3) is 0.727. The molecule has 1 aromatic rings. The molecule has 1 amide bonds. The zero-order valence-electron chi connectivity index (χ0n) is 18.7. The average molecular weight is 437 g/mol. The predicted molar refractivity (Wildman–Crippen MR) is 117 cm³/mol. The van der Waals surface area contributed by atoms with Crippen molar-refractivity contribution < 1.29 is 13.2 Å². The largest absolute Gasteiger partial charge is 0.354 e. The number of amides is 1. The molecule has 7 nitrogen and oxygen atoms in total. The quantitative estimate of drug-likeness (QED) is 0.740. The number of piperidine rings is 2. The number of hydrogen-bond donors (Lipinski definition) is 1. The summed E-state index contributed by atoms with van der Waals surface area (Å²) < 4.78 is 26.9. The molecule has 30 heavy (non-hydrogen) atoms. The standard InChI is InChI=1S/C22H36N4O3S/c1-17-12-18(2)15-25(14-17)22(3,4)16-24-21(27)19-7-10-26(11-8-19)30(28,29)20-6-5-9-23-13-20/h5-6,9,13,17-19H,7-8,10-12,14-16H2,1-4H3,(H,24,27). The van der Waals surface area contributed by atoms with Gasteiger partial charge in [-0.3, -0.25) is 14.7 Å². The van der Waals surface area contributed by atoms with Crippen molar-refractivity contribution in [3.05, 3.63) is 24.5 Å². The molecule has 0 aromatic carbocycles. The minimum Gasteiger partial charge on any atom is -0.354 e. The highest BCUT2D eigenvalue weighted by Crippen LogP contribution is 2.27. The van der Waals surface area contributed by atoms with Crippen LogP contribution in [-0.4, -0.2) is 66.8 Å². The molecule has 2 unspecified atom stereocenters. The third-order valence-corrected chi connectivity index (χ3v) is 8.40. The van der Waals surface area contributed by atoms with Crippen molar-refractivity contribution in [1.29, 1.82) is 0 Å². The van der Waals surface area contributed by atoms with E-state index in [9.17, 15) is 13.2 Å². The van der Waals surface area contributed by atoms with Gasteiger partial charge in [0, 0.05) is 56.6 Å². The van der Waals surface area contributed by atoms with E-state index in [-0.39, 0.29) is 22.3 Å². The zero-order chi connectivity index (χ0) is 21.9. The second-order valence-corrected chi connectivity index (χ2v) is 11.7. The Hall–Kier alpha value is -1.51. The van der Waals surface area contributed by atoms with Gasteiger partial charge in [0.1, 0.15) is 4.90 Å². The summed E-state index contributed by atoms with van der Waals surface area (Å²) in [6.07, 6.45) is 5.29. The number of hydrogen-bond acceptors (Lipinski definition) is 5. The lowest BCUT2D eigenvalue weighted by atomic mass is 9.88. The van der Waals surface area contributed by atoms with Crippen LogP contribution in [-0.2, 0) is 14.8 Å². The molecule has 0 bridgehead atoms. The van der Waals surface area contributed by atoms with E-state index in [0.717, 1.165) is 13.1 Å². The average Bonchev–Trinajstić information content (AvgIpc) is 2.72. The van der Waals surface area contributed by atoms with Crippen molar-refractivity contribution in [3.8, 4) is 0 Å². The van der Waals surface area contributed by atoms with E-state index in [1.165, 1.54) is 16.9 Å². The maximum Gasteiger partial charge on any atom is 0.244 e. The highest BCUT2D eigenvalue weighted by molar-refractivity contribution is 7.89. The molecule has 2 saturated heterocycles. The van der Waals surface area contributed by atoms with Crippen molar-refractivity contribution in [1.82, 2.24) is 19.5 Å². The maximum absolute atomic E-state index is 12.8. The SMILES string of the molecule is CC1CC(C)CN(C(C)(C)CNC(=O)C2CCN(S(=O)(=O)c3cccnc3)CC2)C1. The molecule has 168 valence electrons. The highest BCUT2D eigenvalue weighted by Gasteiger charge is 2.35. The van der Waals surface area contributed by atoms with Crippen LogP contribution in [0, 0.1) is 17.8 Å². The van der Waals surface area contributed by atoms with Gasteiger partial charge in [0.25, 0.3) is 0 Å². The first-order chi connectivity index (χ1) is 14.1. The van der Waals surface area contributed by atoms with Crippen LogP contribution in [0.2, 0.25) is 0 Å². The van der Waals surface area contributed by atoms with Gasteiger partial charge in [-0.1, -0.05) is 13.8 Å². The summed E-state index contributed by atoms with van der Waals surface area (Å²) in [5, 5.41) is 3.15. The second-order valence-electron chi connectivity index (χ2n) is 9.75. The van der Waals surface area contributed by atoms with Crippen LogP contribution in [0.1, 0.15) is 47.0 Å². The zero-order valence-corrected chi connectivity index (χ0v) is 19.5. The first-order valence-corrected chi connectivity index (χ1v) is 12.5. The van der Waals surface area contributed by atoms with Gasteiger partial charge in [-0.25, -0.2) is 8.42 Å². The number of pyridine rings is 1. The van der Waals surface area contributed by atoms with E-state index in [1.807, 2.05) is 0 Å². The highest BCUT2D eigenvalue weighted by atomic mass is 32.2. The maximum atomic E-state index is 12.8. The molecule has 0 spiro atoms. The number of rotatable bonds is 6. The molecule has 0 radical (unpaired) electrons. The van der Waals surface area contributed by atoms with Gasteiger partial charge in [-0.05, 0) is 57.1 Å². The summed E-state index contributed by atoms with van der Waals surface area (Å²) in [5.74, 6) is 1.25. The van der Waals surface area contributed by atoms with E-state index in [4.69, 9.17) is 0 Å². The van der Waals surface area contributed by atoms with Gasteiger partial charge >= 0.3 is 0 Å². The minimum absolute atomic E-state index is 0.0413. The third-order valence-electron chi connectivity index (χ3n) is 6.52. The van der Waals surface area contributed by atoms with Crippen molar-refractivity contribution in [3.63, 3.8) is 0 Å². The number of nitrogens with one attached hydrogen (secondary N) is 1. The molecule has 2 aliphatic rings. The third kappa shape index (κ3) is 5.39. The van der Waals surface area contributed by atoms with E-state index in [0.29, 0.717) is 44.3 Å². The van der Waals surface area contributed by atoms with E-state index in [1.54, 1.807) is 18.3 Å². The molecule has 2 fully saturated rings. The molecule has 3 heterocycles. The van der Waals surface area contributed by atoms with Crippen molar-refractivity contribution in [2.24, 2.45) is 17.8 Å². The van der Waals surface area contributed by atoms with Gasteiger partial charge in [-0.15, -0.1) is 0 Å². The Labute approximate surface area is 181 Å². The Balaban J connectivity index is 1.51. The molecule has 2 aliphatic heterocycles. The van der Waals surface area contributed by atoms with Crippen molar-refractivity contribution in [2.75, 3.05) is 32.7 Å². The number of carbonyl (C=O) groups excluding carboxylic acids is 1. The van der Waals surface area contributed by atoms with Crippen molar-refractivity contribution in [2.45, 2.75) is 57.4 Å². The second kappa shape index (κ2) is 9.32. The number of carbonyl (C=O) groups is 1. The summed E-state index contributed by atoms with van der Waals surface area (Å²) in [7, 11) is -3.54. The number of nitrogens with zero attached hydrogens (tertiary/aromatic N) is 3. The lowest BCUT2D eigenvalue weighted by Gasteiger charge is -2.45. The normalized spacial score (nSPS) is 25.2. The van der Waals surface area contributed by atoms with Gasteiger partial charge in [0.05, 0.1) is 0 Å². The monoisotopic (exact) mass is 436 g/mol. The summed E-state index contributed by atoms with van der Waals surface area (Å²) in [4.78, 5) is 19.4. The molecule has 0 saturated carbocycles. The lowest BCUT2D eigenvalue weighted by molar-refractivity contribution is -0.126. The fourth-order valence-corrected chi connectivity index (χ4v) is 6.16. The Morgan fingerprint density at radius 3 is 2.40 bits per heavy atom. The molecule has 3 rings (SSSR count). The number of sulfonamides is 1. The smallest absolute Gasteiger partial charge is 0.244 e. The Bertz CT molecular complexity index is 810. The Kier molecular flexibility index (Phi) is 7.20. The van der Waals surface area contributed by atoms with Crippen LogP contribution in [0.15, 0.2) is 29.4 Å². The number of likely N-dealkylation sites (tertiary alicyclic amines) is 1.